The Morgan fingerprint density at radius 3 is 2.45 bits per heavy atom. The number of hydrogen-bond acceptors (Lipinski definition) is 8. The predicted molar refractivity (Wildman–Crippen MR) is 150 cm³/mol. The van der Waals surface area contributed by atoms with E-state index in [-0.39, 0.29) is 19.1 Å². The molecule has 0 saturated carbocycles. The number of nitrogens with one attached hydrogen (secondary N) is 2. The van der Waals surface area contributed by atoms with Crippen molar-refractivity contribution in [1.29, 1.82) is 0 Å². The maximum Gasteiger partial charge on any atom is 0.238 e. The van der Waals surface area contributed by atoms with Crippen molar-refractivity contribution in [1.82, 2.24) is 30.5 Å². The van der Waals surface area contributed by atoms with Crippen molar-refractivity contribution in [2.24, 2.45) is 0 Å². The lowest BCUT2D eigenvalue weighted by Gasteiger charge is -2.29. The van der Waals surface area contributed by atoms with Crippen LogP contribution in [0.4, 0.5) is 5.69 Å². The van der Waals surface area contributed by atoms with E-state index in [0.29, 0.717) is 34.6 Å². The van der Waals surface area contributed by atoms with Crippen molar-refractivity contribution >= 4 is 23.2 Å². The number of aromatic nitrogens is 5. The average Bonchev–Trinajstić information content (AvgIpc) is 3.51. The molecule has 3 aromatic carbocycles. The summed E-state index contributed by atoms with van der Waals surface area (Å²) >= 11 is 6.30. The number of pyridine rings is 1. The standard InChI is InChI=1S/C29H26ClN7O3/c30-25-10-4-5-11-27(25)39-20-26(29-33-35-36-34-29)37(18-21-7-6-16-31-17-21)19-28(38)32-22-12-14-24(15-13-22)40-23-8-2-1-3-9-23/h1-17,26H,18-20H2,(H,32,38)(H,33,34,35,36). The van der Waals surface area contributed by atoms with Gasteiger partial charge in [-0.3, -0.25) is 14.7 Å². The first-order valence-corrected chi connectivity index (χ1v) is 12.9. The molecule has 11 heteroatoms. The highest BCUT2D eigenvalue weighted by Gasteiger charge is 2.28. The molecule has 0 saturated heterocycles. The quantitative estimate of drug-likeness (QED) is 0.213. The number of carbonyl (C=O) groups is 1. The summed E-state index contributed by atoms with van der Waals surface area (Å²) in [6.45, 7) is 0.529. The van der Waals surface area contributed by atoms with Gasteiger partial charge in [0.1, 0.15) is 29.9 Å². The largest absolute Gasteiger partial charge is 0.490 e. The molecule has 0 fully saturated rings. The summed E-state index contributed by atoms with van der Waals surface area (Å²) < 4.78 is 11.9. The topological polar surface area (TPSA) is 118 Å². The van der Waals surface area contributed by atoms with Crippen molar-refractivity contribution < 1.29 is 14.3 Å². The third-order valence-electron chi connectivity index (χ3n) is 5.91. The summed E-state index contributed by atoms with van der Waals surface area (Å²) in [6.07, 6.45) is 3.45. The van der Waals surface area contributed by atoms with Gasteiger partial charge in [0.25, 0.3) is 0 Å². The highest BCUT2D eigenvalue weighted by molar-refractivity contribution is 6.32. The number of halogens is 1. The minimum absolute atomic E-state index is 0.0161. The fraction of sp³-hybridized carbons (Fsp3) is 0.138. The Morgan fingerprint density at radius 1 is 0.950 bits per heavy atom. The first kappa shape index (κ1) is 26.8. The molecule has 40 heavy (non-hydrogen) atoms. The number of anilines is 1. The summed E-state index contributed by atoms with van der Waals surface area (Å²) in [5.74, 6) is 2.06. The number of carbonyl (C=O) groups excluding carboxylic acids is 1. The number of H-pyrrole nitrogens is 1. The molecule has 0 aliphatic heterocycles. The lowest BCUT2D eigenvalue weighted by Crippen LogP contribution is -2.39. The second kappa shape index (κ2) is 13.3. The van der Waals surface area contributed by atoms with Crippen molar-refractivity contribution in [2.75, 3.05) is 18.5 Å². The van der Waals surface area contributed by atoms with Crippen LogP contribution in [0.1, 0.15) is 17.4 Å². The summed E-state index contributed by atoms with van der Waals surface area (Å²) in [4.78, 5) is 19.4. The summed E-state index contributed by atoms with van der Waals surface area (Å²) in [5.41, 5.74) is 1.54. The van der Waals surface area contributed by atoms with E-state index in [1.165, 1.54) is 0 Å². The molecule has 1 unspecified atom stereocenters. The zero-order valence-corrected chi connectivity index (χ0v) is 22.1. The first-order chi connectivity index (χ1) is 19.6. The van der Waals surface area contributed by atoms with Gasteiger partial charge in [-0.2, -0.15) is 5.21 Å². The van der Waals surface area contributed by atoms with Gasteiger partial charge in [-0.1, -0.05) is 53.2 Å². The zero-order valence-electron chi connectivity index (χ0n) is 21.4. The highest BCUT2D eigenvalue weighted by atomic mass is 35.5. The summed E-state index contributed by atoms with van der Waals surface area (Å²) in [7, 11) is 0. The second-order valence-electron chi connectivity index (χ2n) is 8.78. The van der Waals surface area contributed by atoms with Gasteiger partial charge >= 0.3 is 0 Å². The minimum atomic E-state index is -0.525. The third-order valence-corrected chi connectivity index (χ3v) is 6.22. The fourth-order valence-corrected chi connectivity index (χ4v) is 4.19. The fourth-order valence-electron chi connectivity index (χ4n) is 4.00. The molecular weight excluding hydrogens is 530 g/mol. The Balaban J connectivity index is 1.31. The molecule has 10 nitrogen and oxygen atoms in total. The normalized spacial score (nSPS) is 11.7. The molecule has 2 aromatic heterocycles. The molecule has 2 N–H and O–H groups in total. The van der Waals surface area contributed by atoms with Crippen LogP contribution in [0.3, 0.4) is 0 Å². The Morgan fingerprint density at radius 2 is 1.73 bits per heavy atom. The molecule has 2 heterocycles. The maximum atomic E-state index is 13.3. The molecule has 0 aliphatic rings. The molecule has 0 aliphatic carbocycles. The predicted octanol–water partition coefficient (Wildman–Crippen LogP) is 5.30. The van der Waals surface area contributed by atoms with Gasteiger partial charge in [-0.25, -0.2) is 0 Å². The van der Waals surface area contributed by atoms with E-state index in [0.717, 1.165) is 11.3 Å². The van der Waals surface area contributed by atoms with Crippen LogP contribution in [-0.4, -0.2) is 49.6 Å². The van der Waals surface area contributed by atoms with Crippen molar-refractivity contribution in [2.45, 2.75) is 12.6 Å². The van der Waals surface area contributed by atoms with E-state index >= 15 is 0 Å². The van der Waals surface area contributed by atoms with E-state index < -0.39 is 6.04 Å². The lowest BCUT2D eigenvalue weighted by molar-refractivity contribution is -0.118. The summed E-state index contributed by atoms with van der Waals surface area (Å²) in [5, 5.41) is 18.0. The zero-order chi connectivity index (χ0) is 27.6. The number of ether oxygens (including phenoxy) is 2. The molecule has 0 spiro atoms. The van der Waals surface area contributed by atoms with Gasteiger partial charge in [0.15, 0.2) is 5.82 Å². The smallest absolute Gasteiger partial charge is 0.238 e. The number of amides is 1. The lowest BCUT2D eigenvalue weighted by atomic mass is 10.2. The van der Waals surface area contributed by atoms with Crippen molar-refractivity contribution in [3.63, 3.8) is 0 Å². The molecule has 0 radical (unpaired) electrons. The van der Waals surface area contributed by atoms with Gasteiger partial charge in [0, 0.05) is 24.6 Å². The van der Waals surface area contributed by atoms with Crippen LogP contribution in [0, 0.1) is 0 Å². The Kier molecular flexibility index (Phi) is 8.92. The molecular formula is C29H26ClN7O3. The van der Waals surface area contributed by atoms with E-state index in [4.69, 9.17) is 21.1 Å². The summed E-state index contributed by atoms with van der Waals surface area (Å²) in [6, 6.07) is 27.1. The Hall–Kier alpha value is -4.80. The van der Waals surface area contributed by atoms with E-state index in [9.17, 15) is 4.79 Å². The van der Waals surface area contributed by atoms with Gasteiger partial charge in [0.05, 0.1) is 11.6 Å². The van der Waals surface area contributed by atoms with Crippen LogP contribution in [0.25, 0.3) is 0 Å². The van der Waals surface area contributed by atoms with E-state index in [1.807, 2.05) is 59.5 Å². The maximum absolute atomic E-state index is 13.3. The third kappa shape index (κ3) is 7.40. The van der Waals surface area contributed by atoms with Crippen LogP contribution in [0.2, 0.25) is 5.02 Å². The number of tetrazole rings is 1. The van der Waals surface area contributed by atoms with Crippen molar-refractivity contribution in [3.8, 4) is 17.2 Å². The SMILES string of the molecule is O=C(CN(Cc1cccnc1)C(COc1ccccc1Cl)c1nn[nH]n1)Nc1ccc(Oc2ccccc2)cc1. The van der Waals surface area contributed by atoms with Crippen LogP contribution < -0.4 is 14.8 Å². The number of nitrogens with zero attached hydrogens (tertiary/aromatic N) is 5. The van der Waals surface area contributed by atoms with Gasteiger partial charge in [-0.15, -0.1) is 10.2 Å². The molecule has 1 atom stereocenters. The van der Waals surface area contributed by atoms with E-state index in [2.05, 4.69) is 30.9 Å². The number of aromatic amines is 1. The first-order valence-electron chi connectivity index (χ1n) is 12.5. The molecule has 1 amide bonds. The number of rotatable bonds is 12. The van der Waals surface area contributed by atoms with Gasteiger partial charge in [-0.05, 0) is 60.2 Å². The van der Waals surface area contributed by atoms with Crippen LogP contribution in [-0.2, 0) is 11.3 Å². The molecule has 5 rings (SSSR count). The number of hydrogen-bond donors (Lipinski definition) is 2. The monoisotopic (exact) mass is 555 g/mol. The number of benzene rings is 3. The van der Waals surface area contributed by atoms with Crippen LogP contribution in [0.5, 0.6) is 17.2 Å². The molecule has 0 bridgehead atoms. The minimum Gasteiger partial charge on any atom is -0.490 e. The molecule has 202 valence electrons. The molecule has 5 aromatic rings. The number of para-hydroxylation sites is 2. The van der Waals surface area contributed by atoms with Crippen LogP contribution in [0.15, 0.2) is 103 Å². The Labute approximate surface area is 235 Å². The van der Waals surface area contributed by atoms with Crippen molar-refractivity contribution in [3.05, 3.63) is 120 Å². The highest BCUT2D eigenvalue weighted by Crippen LogP contribution is 2.27. The van der Waals surface area contributed by atoms with Gasteiger partial charge < -0.3 is 14.8 Å². The second-order valence-corrected chi connectivity index (χ2v) is 9.19. The Bertz CT molecular complexity index is 1490. The average molecular weight is 556 g/mol. The van der Waals surface area contributed by atoms with E-state index in [1.54, 1.807) is 48.8 Å². The van der Waals surface area contributed by atoms with Crippen LogP contribution >= 0.6 is 11.6 Å². The van der Waals surface area contributed by atoms with Gasteiger partial charge in [0.2, 0.25) is 5.91 Å².